The van der Waals surface area contributed by atoms with E-state index in [-0.39, 0.29) is 6.03 Å². The molecular formula is C17H26N2O3. The highest BCUT2D eigenvalue weighted by Crippen LogP contribution is 2.53. The highest BCUT2D eigenvalue weighted by molar-refractivity contribution is 5.79. The largest absolute Gasteiger partial charge is 0.481 e. The predicted octanol–water partition coefficient (Wildman–Crippen LogP) is 2.32. The molecule has 1 aliphatic heterocycles. The maximum Gasteiger partial charge on any atom is 0.317 e. The van der Waals surface area contributed by atoms with Crippen molar-refractivity contribution in [3.05, 3.63) is 0 Å². The summed E-state index contributed by atoms with van der Waals surface area (Å²) in [6, 6.07) is 0.291. The quantitative estimate of drug-likeness (QED) is 0.822. The van der Waals surface area contributed by atoms with Crippen LogP contribution in [-0.2, 0) is 4.79 Å². The average Bonchev–Trinajstić information content (AvgIpc) is 2.86. The average molecular weight is 306 g/mol. The van der Waals surface area contributed by atoms with Crippen molar-refractivity contribution < 1.29 is 14.7 Å². The molecule has 0 aromatic rings. The number of carboxylic acids is 1. The smallest absolute Gasteiger partial charge is 0.317 e. The number of nitrogens with zero attached hydrogens (tertiary/aromatic N) is 1. The number of hydrogen-bond acceptors (Lipinski definition) is 2. The topological polar surface area (TPSA) is 69.6 Å². The molecule has 1 heterocycles. The molecular weight excluding hydrogens is 280 g/mol. The molecule has 22 heavy (non-hydrogen) atoms. The second-order valence-corrected chi connectivity index (χ2v) is 8.44. The van der Waals surface area contributed by atoms with Gasteiger partial charge in [-0.25, -0.2) is 4.79 Å². The zero-order chi connectivity index (χ0) is 15.5. The van der Waals surface area contributed by atoms with Gasteiger partial charge in [-0.15, -0.1) is 0 Å². The van der Waals surface area contributed by atoms with E-state index >= 15 is 0 Å². The maximum absolute atomic E-state index is 12.6. The van der Waals surface area contributed by atoms with E-state index in [2.05, 4.69) is 5.32 Å². The van der Waals surface area contributed by atoms with E-state index in [0.29, 0.717) is 37.4 Å². The number of carbonyl (C=O) groups excluding carboxylic acids is 1. The van der Waals surface area contributed by atoms with E-state index in [1.165, 1.54) is 32.1 Å². The summed E-state index contributed by atoms with van der Waals surface area (Å²) in [5.74, 6) is 2.33. The van der Waals surface area contributed by atoms with Crippen molar-refractivity contribution in [3.8, 4) is 0 Å². The summed E-state index contributed by atoms with van der Waals surface area (Å²) >= 11 is 0. The minimum Gasteiger partial charge on any atom is -0.481 e. The van der Waals surface area contributed by atoms with Crippen molar-refractivity contribution in [1.29, 1.82) is 0 Å². The van der Waals surface area contributed by atoms with Crippen molar-refractivity contribution >= 4 is 12.0 Å². The van der Waals surface area contributed by atoms with Crippen LogP contribution >= 0.6 is 0 Å². The molecule has 1 atom stereocenters. The van der Waals surface area contributed by atoms with Gasteiger partial charge in [-0.1, -0.05) is 0 Å². The first-order valence-electron chi connectivity index (χ1n) is 8.73. The number of amides is 2. The Bertz CT molecular complexity index is 478. The molecule has 5 rings (SSSR count). The first-order chi connectivity index (χ1) is 10.4. The normalized spacial score (nSPS) is 46.0. The van der Waals surface area contributed by atoms with E-state index in [9.17, 15) is 14.7 Å². The zero-order valence-corrected chi connectivity index (χ0v) is 13.3. The lowest BCUT2D eigenvalue weighted by atomic mass is 9.54. The van der Waals surface area contributed by atoms with Crippen molar-refractivity contribution in [2.75, 3.05) is 13.1 Å². The molecule has 0 spiro atoms. The molecule has 4 bridgehead atoms. The van der Waals surface area contributed by atoms with E-state index in [1.807, 2.05) is 0 Å². The molecule has 122 valence electrons. The van der Waals surface area contributed by atoms with Gasteiger partial charge >= 0.3 is 12.0 Å². The lowest BCUT2D eigenvalue weighted by molar-refractivity contribution is -0.147. The monoisotopic (exact) mass is 306 g/mol. The molecule has 5 heteroatoms. The Kier molecular flexibility index (Phi) is 3.17. The van der Waals surface area contributed by atoms with Gasteiger partial charge in [0.15, 0.2) is 0 Å². The SMILES string of the molecule is CC1(C(=O)O)CCN(C(=O)NC2C3CC4CC(C3)CC2C4)C1. The summed E-state index contributed by atoms with van der Waals surface area (Å²) in [5, 5.41) is 12.6. The molecule has 0 aromatic carbocycles. The predicted molar refractivity (Wildman–Crippen MR) is 81.3 cm³/mol. The number of rotatable bonds is 2. The summed E-state index contributed by atoms with van der Waals surface area (Å²) in [5.41, 5.74) is -0.776. The van der Waals surface area contributed by atoms with E-state index in [1.54, 1.807) is 11.8 Å². The summed E-state index contributed by atoms with van der Waals surface area (Å²) in [6.07, 6.45) is 7.10. The molecule has 1 saturated heterocycles. The van der Waals surface area contributed by atoms with Gasteiger partial charge < -0.3 is 15.3 Å². The Morgan fingerprint density at radius 1 is 1.09 bits per heavy atom. The van der Waals surface area contributed by atoms with Crippen LogP contribution in [0.3, 0.4) is 0 Å². The fourth-order valence-corrected chi connectivity index (χ4v) is 5.70. The number of nitrogens with one attached hydrogen (secondary N) is 1. The van der Waals surface area contributed by atoms with Gasteiger partial charge in [-0.2, -0.15) is 0 Å². The van der Waals surface area contributed by atoms with Crippen LogP contribution in [0.2, 0.25) is 0 Å². The van der Waals surface area contributed by atoms with Gasteiger partial charge in [0.25, 0.3) is 0 Å². The first kappa shape index (κ1) is 14.3. The lowest BCUT2D eigenvalue weighted by Crippen LogP contribution is -2.57. The number of hydrogen-bond donors (Lipinski definition) is 2. The van der Waals surface area contributed by atoms with Crippen molar-refractivity contribution in [2.24, 2.45) is 29.1 Å². The van der Waals surface area contributed by atoms with Gasteiger partial charge in [-0.3, -0.25) is 4.79 Å². The van der Waals surface area contributed by atoms with Gasteiger partial charge in [0.05, 0.1) is 5.41 Å². The first-order valence-corrected chi connectivity index (χ1v) is 8.73. The molecule has 2 N–H and O–H groups in total. The van der Waals surface area contributed by atoms with Gasteiger partial charge in [0.2, 0.25) is 0 Å². The van der Waals surface area contributed by atoms with Crippen molar-refractivity contribution in [3.63, 3.8) is 0 Å². The summed E-state index contributed by atoms with van der Waals surface area (Å²) in [4.78, 5) is 25.6. The van der Waals surface area contributed by atoms with Gasteiger partial charge in [0, 0.05) is 19.1 Å². The molecule has 0 radical (unpaired) electrons. The summed E-state index contributed by atoms with van der Waals surface area (Å²) in [6.45, 7) is 2.63. The molecule has 5 fully saturated rings. The van der Waals surface area contributed by atoms with E-state index in [4.69, 9.17) is 0 Å². The summed E-state index contributed by atoms with van der Waals surface area (Å²) in [7, 11) is 0. The number of urea groups is 1. The molecule has 0 aromatic heterocycles. The van der Waals surface area contributed by atoms with Crippen LogP contribution in [-0.4, -0.2) is 41.1 Å². The third-order valence-electron chi connectivity index (χ3n) is 6.79. The number of likely N-dealkylation sites (tertiary alicyclic amines) is 1. The molecule has 2 amide bonds. The van der Waals surface area contributed by atoms with E-state index < -0.39 is 11.4 Å². The van der Waals surface area contributed by atoms with Crippen molar-refractivity contribution in [2.45, 2.75) is 51.5 Å². The van der Waals surface area contributed by atoms with Gasteiger partial charge in [0.1, 0.15) is 0 Å². The Morgan fingerprint density at radius 2 is 1.68 bits per heavy atom. The Hall–Kier alpha value is -1.26. The second-order valence-electron chi connectivity index (χ2n) is 8.44. The third kappa shape index (κ3) is 2.20. The highest BCUT2D eigenvalue weighted by Gasteiger charge is 2.49. The molecule has 5 nitrogen and oxygen atoms in total. The number of aliphatic carboxylic acids is 1. The summed E-state index contributed by atoms with van der Waals surface area (Å²) < 4.78 is 0. The fourth-order valence-electron chi connectivity index (χ4n) is 5.70. The van der Waals surface area contributed by atoms with Gasteiger partial charge in [-0.05, 0) is 69.1 Å². The van der Waals surface area contributed by atoms with Crippen LogP contribution in [0.5, 0.6) is 0 Å². The van der Waals surface area contributed by atoms with Crippen LogP contribution in [0, 0.1) is 29.1 Å². The van der Waals surface area contributed by atoms with Crippen LogP contribution < -0.4 is 5.32 Å². The van der Waals surface area contributed by atoms with Crippen LogP contribution in [0.25, 0.3) is 0 Å². The van der Waals surface area contributed by atoms with Crippen LogP contribution in [0.4, 0.5) is 4.79 Å². The number of carbonyl (C=O) groups is 2. The van der Waals surface area contributed by atoms with Crippen molar-refractivity contribution in [1.82, 2.24) is 10.2 Å². The Morgan fingerprint density at radius 3 is 2.18 bits per heavy atom. The standard InChI is InChI=1S/C17H26N2O3/c1-17(15(20)21)2-3-19(9-17)16(22)18-14-12-5-10-4-11(7-12)8-13(14)6-10/h10-14H,2-9H2,1H3,(H,18,22)(H,20,21). The lowest BCUT2D eigenvalue weighted by Gasteiger charge is -2.54. The minimum absolute atomic E-state index is 0.0394. The number of carboxylic acid groups (broad SMARTS) is 1. The minimum atomic E-state index is -0.794. The molecule has 4 aliphatic carbocycles. The van der Waals surface area contributed by atoms with Crippen LogP contribution in [0.1, 0.15) is 45.4 Å². The molecule has 4 saturated carbocycles. The molecule has 5 aliphatic rings. The molecule has 1 unspecified atom stereocenters. The highest BCUT2D eigenvalue weighted by atomic mass is 16.4. The third-order valence-corrected chi connectivity index (χ3v) is 6.79. The fraction of sp³-hybridized carbons (Fsp3) is 0.882. The Balaban J connectivity index is 1.40. The zero-order valence-electron chi connectivity index (χ0n) is 13.3. The van der Waals surface area contributed by atoms with E-state index in [0.717, 1.165) is 11.8 Å². The second kappa shape index (κ2) is 4.87. The maximum atomic E-state index is 12.6. The van der Waals surface area contributed by atoms with Crippen LogP contribution in [0.15, 0.2) is 0 Å². The Labute approximate surface area is 131 Å².